The molecule has 0 atom stereocenters. The number of nitriles is 1. The molecule has 1 aromatic carbocycles. The smallest absolute Gasteiger partial charge is 0.229 e. The zero-order valence-corrected chi connectivity index (χ0v) is 12.9. The monoisotopic (exact) mass is 328 g/mol. The topological polar surface area (TPSA) is 86.1 Å². The van der Waals surface area contributed by atoms with Gasteiger partial charge in [-0.15, -0.1) is 0 Å². The van der Waals surface area contributed by atoms with Crippen LogP contribution in [0.15, 0.2) is 24.4 Å². The third kappa shape index (κ3) is 2.96. The first-order valence-electron chi connectivity index (χ1n) is 7.15. The number of anilines is 1. The highest BCUT2D eigenvalue weighted by Gasteiger charge is 2.28. The number of aromatic nitrogens is 1. The fourth-order valence-corrected chi connectivity index (χ4v) is 2.78. The summed E-state index contributed by atoms with van der Waals surface area (Å²) in [5.41, 5.74) is 1.71. The van der Waals surface area contributed by atoms with Crippen molar-refractivity contribution in [2.24, 2.45) is 0 Å². The molecule has 0 spiro atoms. The molecule has 116 valence electrons. The first-order chi connectivity index (χ1) is 11.1. The van der Waals surface area contributed by atoms with Gasteiger partial charge in [0, 0.05) is 42.5 Å². The molecule has 23 heavy (non-hydrogen) atoms. The van der Waals surface area contributed by atoms with E-state index < -0.39 is 0 Å². The van der Waals surface area contributed by atoms with Crippen LogP contribution in [0.5, 0.6) is 0 Å². The molecule has 2 heterocycles. The van der Waals surface area contributed by atoms with E-state index in [1.54, 1.807) is 18.2 Å². The normalized spacial score (nSPS) is 14.3. The molecular formula is C16H13ClN4O2. The van der Waals surface area contributed by atoms with Gasteiger partial charge in [0.2, 0.25) is 11.8 Å². The van der Waals surface area contributed by atoms with E-state index in [1.165, 1.54) is 11.1 Å². The van der Waals surface area contributed by atoms with Crippen LogP contribution in [0.25, 0.3) is 10.9 Å². The van der Waals surface area contributed by atoms with Gasteiger partial charge in [-0.1, -0.05) is 11.6 Å². The van der Waals surface area contributed by atoms with Gasteiger partial charge in [-0.05, 0) is 18.2 Å². The van der Waals surface area contributed by atoms with Crippen LogP contribution in [-0.2, 0) is 9.59 Å². The van der Waals surface area contributed by atoms with Crippen LogP contribution >= 0.6 is 11.6 Å². The summed E-state index contributed by atoms with van der Waals surface area (Å²) in [7, 11) is 0. The standard InChI is InChI=1S/C16H13ClN4O2/c17-11-1-2-13-12(7-11)16(10(8-18)9-20-13)19-5-6-21-14(22)3-4-15(21)23/h1-2,7,9H,3-6H2,(H,19,20). The maximum Gasteiger partial charge on any atom is 0.229 e. The highest BCUT2D eigenvalue weighted by Crippen LogP contribution is 2.28. The van der Waals surface area contributed by atoms with Gasteiger partial charge in [0.15, 0.2) is 0 Å². The second-order valence-corrected chi connectivity index (χ2v) is 5.62. The average Bonchev–Trinajstić information content (AvgIpc) is 2.86. The number of hydrogen-bond donors (Lipinski definition) is 1. The van der Waals surface area contributed by atoms with Crippen LogP contribution < -0.4 is 5.32 Å². The lowest BCUT2D eigenvalue weighted by atomic mass is 10.1. The number of fused-ring (bicyclic) bond motifs is 1. The second-order valence-electron chi connectivity index (χ2n) is 5.19. The third-order valence-electron chi connectivity index (χ3n) is 3.74. The molecule has 3 rings (SSSR count). The minimum atomic E-state index is -0.153. The van der Waals surface area contributed by atoms with Gasteiger partial charge < -0.3 is 5.32 Å². The highest BCUT2D eigenvalue weighted by atomic mass is 35.5. The number of nitrogens with one attached hydrogen (secondary N) is 1. The number of hydrogen-bond acceptors (Lipinski definition) is 5. The molecule has 1 fully saturated rings. The summed E-state index contributed by atoms with van der Waals surface area (Å²) < 4.78 is 0. The number of imide groups is 1. The van der Waals surface area contributed by atoms with Gasteiger partial charge in [0.1, 0.15) is 6.07 Å². The lowest BCUT2D eigenvalue weighted by Gasteiger charge is -2.16. The van der Waals surface area contributed by atoms with E-state index in [2.05, 4.69) is 16.4 Å². The summed E-state index contributed by atoms with van der Waals surface area (Å²) in [5.74, 6) is -0.306. The van der Waals surface area contributed by atoms with Crippen molar-refractivity contribution in [3.8, 4) is 6.07 Å². The first-order valence-corrected chi connectivity index (χ1v) is 7.53. The molecule has 0 aliphatic carbocycles. The molecule has 1 aliphatic rings. The summed E-state index contributed by atoms with van der Waals surface area (Å²) in [5, 5.41) is 13.7. The maximum absolute atomic E-state index is 11.6. The van der Waals surface area contributed by atoms with Crippen molar-refractivity contribution in [3.05, 3.63) is 35.0 Å². The predicted molar refractivity (Wildman–Crippen MR) is 85.9 cm³/mol. The Morgan fingerprint density at radius 2 is 2.04 bits per heavy atom. The van der Waals surface area contributed by atoms with Crippen molar-refractivity contribution in [1.82, 2.24) is 9.88 Å². The molecular weight excluding hydrogens is 316 g/mol. The minimum Gasteiger partial charge on any atom is -0.382 e. The van der Waals surface area contributed by atoms with Crippen molar-refractivity contribution >= 4 is 40.0 Å². The van der Waals surface area contributed by atoms with Crippen molar-refractivity contribution in [2.45, 2.75) is 12.8 Å². The zero-order chi connectivity index (χ0) is 16.4. The van der Waals surface area contributed by atoms with E-state index >= 15 is 0 Å². The van der Waals surface area contributed by atoms with Crippen LogP contribution in [0.2, 0.25) is 5.02 Å². The lowest BCUT2D eigenvalue weighted by Crippen LogP contribution is -2.33. The minimum absolute atomic E-state index is 0.153. The average molecular weight is 329 g/mol. The Kier molecular flexibility index (Phi) is 4.13. The fourth-order valence-electron chi connectivity index (χ4n) is 2.61. The summed E-state index contributed by atoms with van der Waals surface area (Å²) in [4.78, 5) is 28.7. The molecule has 0 saturated carbocycles. The summed E-state index contributed by atoms with van der Waals surface area (Å²) in [6.45, 7) is 0.630. The Morgan fingerprint density at radius 1 is 1.30 bits per heavy atom. The van der Waals surface area contributed by atoms with Crippen LogP contribution in [0.3, 0.4) is 0 Å². The van der Waals surface area contributed by atoms with E-state index in [4.69, 9.17) is 11.6 Å². The van der Waals surface area contributed by atoms with Gasteiger partial charge in [-0.3, -0.25) is 19.5 Å². The Balaban J connectivity index is 1.84. The quantitative estimate of drug-likeness (QED) is 0.870. The SMILES string of the molecule is N#Cc1cnc2ccc(Cl)cc2c1NCCN1C(=O)CCC1=O. The molecule has 0 unspecified atom stereocenters. The van der Waals surface area contributed by atoms with Crippen molar-refractivity contribution in [2.75, 3.05) is 18.4 Å². The molecule has 2 amide bonds. The van der Waals surface area contributed by atoms with E-state index in [9.17, 15) is 14.9 Å². The maximum atomic E-state index is 11.6. The van der Waals surface area contributed by atoms with Crippen molar-refractivity contribution < 1.29 is 9.59 Å². The summed E-state index contributed by atoms with van der Waals surface area (Å²) in [6, 6.07) is 7.33. The number of rotatable bonds is 4. The fraction of sp³-hybridized carbons (Fsp3) is 0.250. The second kappa shape index (κ2) is 6.23. The molecule has 1 aliphatic heterocycles. The van der Waals surface area contributed by atoms with Gasteiger partial charge in [-0.2, -0.15) is 5.26 Å². The van der Waals surface area contributed by atoms with Crippen LogP contribution in [0.1, 0.15) is 18.4 Å². The van der Waals surface area contributed by atoms with Crippen LogP contribution in [0.4, 0.5) is 5.69 Å². The van der Waals surface area contributed by atoms with Gasteiger partial charge in [-0.25, -0.2) is 0 Å². The highest BCUT2D eigenvalue weighted by molar-refractivity contribution is 6.31. The largest absolute Gasteiger partial charge is 0.382 e. The Hall–Kier alpha value is -2.65. The Bertz CT molecular complexity index is 828. The number of likely N-dealkylation sites (tertiary alicyclic amines) is 1. The molecule has 1 aromatic heterocycles. The molecule has 0 radical (unpaired) electrons. The number of carbonyl (C=O) groups is 2. The molecule has 6 nitrogen and oxygen atoms in total. The molecule has 7 heteroatoms. The van der Waals surface area contributed by atoms with Crippen LogP contribution in [-0.4, -0.2) is 34.8 Å². The van der Waals surface area contributed by atoms with Gasteiger partial charge in [0.25, 0.3) is 0 Å². The van der Waals surface area contributed by atoms with E-state index in [-0.39, 0.29) is 31.2 Å². The summed E-state index contributed by atoms with van der Waals surface area (Å²) in [6.07, 6.45) is 2.04. The van der Waals surface area contributed by atoms with Crippen molar-refractivity contribution in [1.29, 1.82) is 5.26 Å². The first kappa shape index (κ1) is 15.3. The summed E-state index contributed by atoms with van der Waals surface area (Å²) >= 11 is 6.03. The van der Waals surface area contributed by atoms with E-state index in [0.29, 0.717) is 28.3 Å². The lowest BCUT2D eigenvalue weighted by molar-refractivity contribution is -0.138. The molecule has 0 bridgehead atoms. The predicted octanol–water partition coefficient (Wildman–Crippen LogP) is 2.32. The Labute approximate surface area is 137 Å². The number of halogens is 1. The van der Waals surface area contributed by atoms with E-state index in [1.807, 2.05) is 0 Å². The number of amides is 2. The van der Waals surface area contributed by atoms with Gasteiger partial charge in [0.05, 0.1) is 16.8 Å². The zero-order valence-electron chi connectivity index (χ0n) is 12.2. The number of nitrogens with zero attached hydrogens (tertiary/aromatic N) is 3. The van der Waals surface area contributed by atoms with Gasteiger partial charge >= 0.3 is 0 Å². The number of benzene rings is 1. The van der Waals surface area contributed by atoms with Crippen LogP contribution in [0, 0.1) is 11.3 Å². The van der Waals surface area contributed by atoms with E-state index in [0.717, 1.165) is 5.39 Å². The molecule has 1 saturated heterocycles. The third-order valence-corrected chi connectivity index (χ3v) is 3.98. The molecule has 2 aromatic rings. The number of pyridine rings is 1. The number of carbonyl (C=O) groups excluding carboxylic acids is 2. The molecule has 1 N–H and O–H groups in total. The Morgan fingerprint density at radius 3 is 2.74 bits per heavy atom. The van der Waals surface area contributed by atoms with Crippen molar-refractivity contribution in [3.63, 3.8) is 0 Å².